The van der Waals surface area contributed by atoms with Gasteiger partial charge in [0.2, 0.25) is 5.82 Å². The van der Waals surface area contributed by atoms with Gasteiger partial charge in [0.1, 0.15) is 17.3 Å². The van der Waals surface area contributed by atoms with Gasteiger partial charge in [-0.2, -0.15) is 4.98 Å². The molecule has 5 nitrogen and oxygen atoms in total. The highest BCUT2D eigenvalue weighted by atomic mass is 19.1. The molecule has 0 radical (unpaired) electrons. The predicted octanol–water partition coefficient (Wildman–Crippen LogP) is 3.26. The lowest BCUT2D eigenvalue weighted by molar-refractivity contribution is 0.424. The van der Waals surface area contributed by atoms with Gasteiger partial charge in [0.25, 0.3) is 5.89 Å². The highest BCUT2D eigenvalue weighted by Gasteiger charge is 2.16. The van der Waals surface area contributed by atoms with Crippen LogP contribution in [0.3, 0.4) is 0 Å². The standard InChI is InChI=1S/C15H12FN3O2/c1-8-5-9(2)13(17-7-8)14-18-15(21-19-14)11-6-10(16)3-4-12(11)20/h3-7,20H,1-2H3. The van der Waals surface area contributed by atoms with Gasteiger partial charge in [0.05, 0.1) is 5.56 Å². The van der Waals surface area contributed by atoms with Gasteiger partial charge in [-0.3, -0.25) is 4.98 Å². The van der Waals surface area contributed by atoms with Crippen LogP contribution >= 0.6 is 0 Å². The van der Waals surface area contributed by atoms with Crippen LogP contribution in [0.2, 0.25) is 0 Å². The average Bonchev–Trinajstić information content (AvgIpc) is 2.91. The van der Waals surface area contributed by atoms with Crippen LogP contribution in [-0.2, 0) is 0 Å². The Kier molecular flexibility index (Phi) is 3.13. The monoisotopic (exact) mass is 285 g/mol. The number of nitrogens with zero attached hydrogens (tertiary/aromatic N) is 3. The summed E-state index contributed by atoms with van der Waals surface area (Å²) in [5.41, 5.74) is 2.68. The third-order valence-electron chi connectivity index (χ3n) is 3.04. The Morgan fingerprint density at radius 1 is 1.19 bits per heavy atom. The van der Waals surface area contributed by atoms with E-state index in [2.05, 4.69) is 15.1 Å². The van der Waals surface area contributed by atoms with Gasteiger partial charge < -0.3 is 9.63 Å². The molecule has 2 aromatic heterocycles. The lowest BCUT2D eigenvalue weighted by Gasteiger charge is -2.00. The summed E-state index contributed by atoms with van der Waals surface area (Å²) >= 11 is 0. The number of phenols is 1. The molecule has 0 saturated heterocycles. The number of aryl methyl sites for hydroxylation is 2. The van der Waals surface area contributed by atoms with Gasteiger partial charge in [0, 0.05) is 6.20 Å². The number of halogens is 1. The van der Waals surface area contributed by atoms with Crippen LogP contribution in [0.15, 0.2) is 35.0 Å². The van der Waals surface area contributed by atoms with E-state index in [1.807, 2.05) is 19.9 Å². The Bertz CT molecular complexity index is 814. The summed E-state index contributed by atoms with van der Waals surface area (Å²) in [7, 11) is 0. The van der Waals surface area contributed by atoms with E-state index in [0.29, 0.717) is 11.5 Å². The first kappa shape index (κ1) is 13.2. The van der Waals surface area contributed by atoms with Crippen LogP contribution in [-0.4, -0.2) is 20.2 Å². The fourth-order valence-electron chi connectivity index (χ4n) is 2.06. The van der Waals surface area contributed by atoms with Crippen molar-refractivity contribution in [1.29, 1.82) is 0 Å². The minimum Gasteiger partial charge on any atom is -0.507 e. The summed E-state index contributed by atoms with van der Waals surface area (Å²) in [5, 5.41) is 13.6. The zero-order valence-electron chi connectivity index (χ0n) is 11.5. The van der Waals surface area contributed by atoms with Gasteiger partial charge in [0.15, 0.2) is 0 Å². The van der Waals surface area contributed by atoms with E-state index in [1.54, 1.807) is 6.20 Å². The first-order valence-corrected chi connectivity index (χ1v) is 6.31. The SMILES string of the molecule is Cc1cnc(-c2noc(-c3cc(F)ccc3O)n2)c(C)c1. The molecule has 6 heteroatoms. The van der Waals surface area contributed by atoms with Crippen molar-refractivity contribution in [3.8, 4) is 28.7 Å². The van der Waals surface area contributed by atoms with Crippen molar-refractivity contribution < 1.29 is 14.0 Å². The Morgan fingerprint density at radius 2 is 2.00 bits per heavy atom. The van der Waals surface area contributed by atoms with E-state index >= 15 is 0 Å². The lowest BCUT2D eigenvalue weighted by atomic mass is 10.1. The second-order valence-electron chi connectivity index (χ2n) is 4.76. The normalized spacial score (nSPS) is 10.8. The van der Waals surface area contributed by atoms with E-state index in [1.165, 1.54) is 6.07 Å². The second-order valence-corrected chi connectivity index (χ2v) is 4.76. The topological polar surface area (TPSA) is 72.0 Å². The maximum atomic E-state index is 13.3. The summed E-state index contributed by atoms with van der Waals surface area (Å²) in [5.74, 6) is -0.276. The predicted molar refractivity (Wildman–Crippen MR) is 74.1 cm³/mol. The fourth-order valence-corrected chi connectivity index (χ4v) is 2.06. The molecule has 0 aliphatic rings. The number of rotatable bonds is 2. The molecule has 1 aromatic carbocycles. The first-order valence-electron chi connectivity index (χ1n) is 6.31. The van der Waals surface area contributed by atoms with Gasteiger partial charge in [-0.05, 0) is 43.2 Å². The first-order chi connectivity index (χ1) is 10.0. The van der Waals surface area contributed by atoms with Crippen LogP contribution in [0.5, 0.6) is 5.75 Å². The molecule has 0 fully saturated rings. The largest absolute Gasteiger partial charge is 0.507 e. The summed E-state index contributed by atoms with van der Waals surface area (Å²) in [6, 6.07) is 5.49. The minimum atomic E-state index is -0.493. The third-order valence-corrected chi connectivity index (χ3v) is 3.04. The van der Waals surface area contributed by atoms with E-state index < -0.39 is 5.82 Å². The smallest absolute Gasteiger partial charge is 0.262 e. The quantitative estimate of drug-likeness (QED) is 0.782. The molecular formula is C15H12FN3O2. The van der Waals surface area contributed by atoms with E-state index in [4.69, 9.17) is 4.52 Å². The Labute approximate surface area is 120 Å². The lowest BCUT2D eigenvalue weighted by Crippen LogP contribution is -1.91. The Hall–Kier alpha value is -2.76. The molecule has 0 spiro atoms. The van der Waals surface area contributed by atoms with Crippen LogP contribution < -0.4 is 0 Å². The van der Waals surface area contributed by atoms with Crippen LogP contribution in [0.1, 0.15) is 11.1 Å². The van der Waals surface area contributed by atoms with Crippen molar-refractivity contribution in [2.75, 3.05) is 0 Å². The van der Waals surface area contributed by atoms with Gasteiger partial charge >= 0.3 is 0 Å². The van der Waals surface area contributed by atoms with Gasteiger partial charge in [-0.15, -0.1) is 0 Å². The average molecular weight is 285 g/mol. The molecule has 106 valence electrons. The fraction of sp³-hybridized carbons (Fsp3) is 0.133. The molecule has 0 aliphatic carbocycles. The van der Waals surface area contributed by atoms with Crippen LogP contribution in [0.25, 0.3) is 23.0 Å². The van der Waals surface area contributed by atoms with Crippen LogP contribution in [0.4, 0.5) is 4.39 Å². The van der Waals surface area contributed by atoms with E-state index in [9.17, 15) is 9.50 Å². The molecule has 0 aliphatic heterocycles. The van der Waals surface area contributed by atoms with E-state index in [-0.39, 0.29) is 17.2 Å². The van der Waals surface area contributed by atoms with Crippen molar-refractivity contribution >= 4 is 0 Å². The number of phenolic OH excluding ortho intramolecular Hbond substituents is 1. The van der Waals surface area contributed by atoms with Crippen molar-refractivity contribution in [3.05, 3.63) is 47.4 Å². The highest BCUT2D eigenvalue weighted by molar-refractivity contribution is 5.64. The molecule has 3 aromatic rings. The van der Waals surface area contributed by atoms with E-state index in [0.717, 1.165) is 23.3 Å². The maximum absolute atomic E-state index is 13.3. The minimum absolute atomic E-state index is 0.0452. The highest BCUT2D eigenvalue weighted by Crippen LogP contribution is 2.30. The molecule has 0 atom stereocenters. The number of pyridine rings is 1. The second kappa shape index (κ2) is 4.97. The molecule has 0 amide bonds. The molecular weight excluding hydrogens is 273 g/mol. The van der Waals surface area contributed by atoms with Gasteiger partial charge in [-0.25, -0.2) is 4.39 Å². The van der Waals surface area contributed by atoms with Crippen molar-refractivity contribution in [2.24, 2.45) is 0 Å². The van der Waals surface area contributed by atoms with Gasteiger partial charge in [-0.1, -0.05) is 11.2 Å². The molecule has 0 bridgehead atoms. The molecule has 21 heavy (non-hydrogen) atoms. The zero-order valence-corrected chi connectivity index (χ0v) is 11.5. The maximum Gasteiger partial charge on any atom is 0.262 e. The number of hydrogen-bond donors (Lipinski definition) is 1. The molecule has 1 N–H and O–H groups in total. The molecule has 2 heterocycles. The van der Waals surface area contributed by atoms with Crippen molar-refractivity contribution in [1.82, 2.24) is 15.1 Å². The van der Waals surface area contributed by atoms with Crippen molar-refractivity contribution in [3.63, 3.8) is 0 Å². The molecule has 0 saturated carbocycles. The summed E-state index contributed by atoms with van der Waals surface area (Å²) < 4.78 is 18.4. The van der Waals surface area contributed by atoms with Crippen molar-refractivity contribution in [2.45, 2.75) is 13.8 Å². The molecule has 0 unspecified atom stereocenters. The summed E-state index contributed by atoms with van der Waals surface area (Å²) in [4.78, 5) is 8.45. The number of aromatic hydroxyl groups is 1. The molecule has 3 rings (SSSR count). The van der Waals surface area contributed by atoms with Crippen LogP contribution in [0, 0.1) is 19.7 Å². The number of aromatic nitrogens is 3. The zero-order chi connectivity index (χ0) is 15.0. The Morgan fingerprint density at radius 3 is 2.76 bits per heavy atom. The number of hydrogen-bond acceptors (Lipinski definition) is 5. The Balaban J connectivity index is 2.06. The summed E-state index contributed by atoms with van der Waals surface area (Å²) in [6.45, 7) is 3.83. The third kappa shape index (κ3) is 2.47. The summed E-state index contributed by atoms with van der Waals surface area (Å²) in [6.07, 6.45) is 1.71. The number of benzene rings is 1.